The van der Waals surface area contributed by atoms with Gasteiger partial charge in [0.1, 0.15) is 6.04 Å². The van der Waals surface area contributed by atoms with Gasteiger partial charge in [-0.15, -0.1) is 12.4 Å². The molecule has 2 atom stereocenters. The van der Waals surface area contributed by atoms with Gasteiger partial charge in [0.15, 0.2) is 0 Å². The second-order valence-corrected chi connectivity index (χ2v) is 6.32. The molecule has 6 heteroatoms. The van der Waals surface area contributed by atoms with Gasteiger partial charge in [-0.1, -0.05) is 20.8 Å². The Morgan fingerprint density at radius 1 is 1.42 bits per heavy atom. The maximum absolute atomic E-state index is 12.0. The number of amides is 2. The Morgan fingerprint density at radius 2 is 1.95 bits per heavy atom. The normalized spacial score (nSPS) is 21.3. The standard InChI is InChI=1S/C13H25N3O2.ClH/c1-8(2)16-7-6-9(12(16)18)15-11(17)10(14)13(3,4)5;/h8-10H,6-7,14H2,1-5H3,(H,15,17);1H/t9?,10-;/m1./s1. The molecule has 1 heterocycles. The molecule has 1 fully saturated rings. The van der Waals surface area contributed by atoms with Gasteiger partial charge in [-0.3, -0.25) is 9.59 Å². The molecular weight excluding hydrogens is 266 g/mol. The van der Waals surface area contributed by atoms with Crippen LogP contribution in [0.5, 0.6) is 0 Å². The van der Waals surface area contributed by atoms with Gasteiger partial charge in [0, 0.05) is 12.6 Å². The summed E-state index contributed by atoms with van der Waals surface area (Å²) in [7, 11) is 0. The van der Waals surface area contributed by atoms with Crippen LogP contribution in [0.1, 0.15) is 41.0 Å². The van der Waals surface area contributed by atoms with Gasteiger partial charge >= 0.3 is 0 Å². The van der Waals surface area contributed by atoms with Crippen LogP contribution in [-0.4, -0.2) is 41.4 Å². The highest BCUT2D eigenvalue weighted by Gasteiger charge is 2.36. The lowest BCUT2D eigenvalue weighted by Crippen LogP contribution is -2.53. The van der Waals surface area contributed by atoms with Crippen molar-refractivity contribution in [3.05, 3.63) is 0 Å². The zero-order chi connectivity index (χ0) is 14.1. The number of nitrogens with two attached hydrogens (primary N) is 1. The number of hydrogen-bond acceptors (Lipinski definition) is 3. The molecule has 1 unspecified atom stereocenters. The topological polar surface area (TPSA) is 75.4 Å². The monoisotopic (exact) mass is 291 g/mol. The minimum absolute atomic E-state index is 0. The Labute approximate surface area is 121 Å². The average molecular weight is 292 g/mol. The van der Waals surface area contributed by atoms with Crippen molar-refractivity contribution < 1.29 is 9.59 Å². The third kappa shape index (κ3) is 4.35. The van der Waals surface area contributed by atoms with Crippen molar-refractivity contribution in [3.63, 3.8) is 0 Å². The smallest absolute Gasteiger partial charge is 0.245 e. The SMILES string of the molecule is CC(C)N1CCC(NC(=O)[C@@H](N)C(C)(C)C)C1=O.Cl. The van der Waals surface area contributed by atoms with E-state index < -0.39 is 12.1 Å². The van der Waals surface area contributed by atoms with Crippen molar-refractivity contribution in [2.75, 3.05) is 6.54 Å². The Morgan fingerprint density at radius 3 is 2.32 bits per heavy atom. The van der Waals surface area contributed by atoms with Crippen LogP contribution < -0.4 is 11.1 Å². The highest BCUT2D eigenvalue weighted by atomic mass is 35.5. The third-order valence-electron chi connectivity index (χ3n) is 3.40. The number of rotatable bonds is 3. The van der Waals surface area contributed by atoms with Crippen LogP contribution in [0.25, 0.3) is 0 Å². The lowest BCUT2D eigenvalue weighted by atomic mass is 9.87. The van der Waals surface area contributed by atoms with E-state index in [9.17, 15) is 9.59 Å². The zero-order valence-corrected chi connectivity index (χ0v) is 13.2. The molecular formula is C13H26ClN3O2. The predicted molar refractivity (Wildman–Crippen MR) is 78.1 cm³/mol. The number of nitrogens with one attached hydrogen (secondary N) is 1. The number of likely N-dealkylation sites (tertiary alicyclic amines) is 1. The number of halogens is 1. The summed E-state index contributed by atoms with van der Waals surface area (Å²) in [5.74, 6) is -0.245. The van der Waals surface area contributed by atoms with Gasteiger partial charge in [-0.25, -0.2) is 0 Å². The van der Waals surface area contributed by atoms with E-state index in [1.54, 1.807) is 4.90 Å². The fourth-order valence-electron chi connectivity index (χ4n) is 2.00. The maximum Gasteiger partial charge on any atom is 0.245 e. The first kappa shape index (κ1) is 18.2. The fraction of sp³-hybridized carbons (Fsp3) is 0.846. The van der Waals surface area contributed by atoms with Crippen LogP contribution in [0.3, 0.4) is 0 Å². The lowest BCUT2D eigenvalue weighted by molar-refractivity contribution is -0.134. The summed E-state index contributed by atoms with van der Waals surface area (Å²) in [5, 5.41) is 2.76. The molecule has 0 bridgehead atoms. The minimum Gasteiger partial charge on any atom is -0.343 e. The summed E-state index contributed by atoms with van der Waals surface area (Å²) in [6, 6.07) is -0.831. The summed E-state index contributed by atoms with van der Waals surface area (Å²) in [5.41, 5.74) is 5.57. The van der Waals surface area contributed by atoms with Gasteiger partial charge in [-0.2, -0.15) is 0 Å². The second kappa shape index (κ2) is 6.57. The first-order chi connectivity index (χ1) is 8.14. The highest BCUT2D eigenvalue weighted by molar-refractivity contribution is 5.91. The van der Waals surface area contributed by atoms with Gasteiger partial charge in [0.05, 0.1) is 6.04 Å². The van der Waals surface area contributed by atoms with Gasteiger partial charge in [-0.05, 0) is 25.7 Å². The van der Waals surface area contributed by atoms with E-state index in [-0.39, 0.29) is 35.7 Å². The van der Waals surface area contributed by atoms with Crippen LogP contribution in [0.15, 0.2) is 0 Å². The van der Waals surface area contributed by atoms with E-state index in [4.69, 9.17) is 5.73 Å². The minimum atomic E-state index is -0.599. The second-order valence-electron chi connectivity index (χ2n) is 6.32. The largest absolute Gasteiger partial charge is 0.343 e. The molecule has 2 amide bonds. The number of carbonyl (C=O) groups excluding carboxylic acids is 2. The Balaban J connectivity index is 0.00000324. The van der Waals surface area contributed by atoms with E-state index in [1.165, 1.54) is 0 Å². The van der Waals surface area contributed by atoms with Crippen LogP contribution in [0.4, 0.5) is 0 Å². The van der Waals surface area contributed by atoms with E-state index in [0.717, 1.165) is 0 Å². The molecule has 0 spiro atoms. The molecule has 1 rings (SSSR count). The summed E-state index contributed by atoms with van der Waals surface area (Å²) >= 11 is 0. The average Bonchev–Trinajstić information content (AvgIpc) is 2.58. The van der Waals surface area contributed by atoms with E-state index >= 15 is 0 Å². The molecule has 1 aliphatic rings. The number of carbonyl (C=O) groups is 2. The Kier molecular flexibility index (Phi) is 6.29. The summed E-state index contributed by atoms with van der Waals surface area (Å²) < 4.78 is 0. The molecule has 3 N–H and O–H groups in total. The summed E-state index contributed by atoms with van der Waals surface area (Å²) in [6.07, 6.45) is 0.666. The van der Waals surface area contributed by atoms with Crippen LogP contribution in [0.2, 0.25) is 0 Å². The van der Waals surface area contributed by atoms with E-state index in [0.29, 0.717) is 13.0 Å². The van der Waals surface area contributed by atoms with Crippen molar-refractivity contribution in [2.24, 2.45) is 11.1 Å². The molecule has 0 aromatic rings. The molecule has 0 aromatic carbocycles. The first-order valence-corrected chi connectivity index (χ1v) is 6.51. The third-order valence-corrected chi connectivity index (χ3v) is 3.40. The Bertz CT molecular complexity index is 339. The van der Waals surface area contributed by atoms with Gasteiger partial charge in [0.2, 0.25) is 11.8 Å². The number of nitrogens with zero attached hydrogens (tertiary/aromatic N) is 1. The predicted octanol–water partition coefficient (Wildman–Crippen LogP) is 0.907. The molecule has 0 aromatic heterocycles. The van der Waals surface area contributed by atoms with Crippen molar-refractivity contribution in [1.29, 1.82) is 0 Å². The quantitative estimate of drug-likeness (QED) is 0.811. The molecule has 112 valence electrons. The van der Waals surface area contributed by atoms with E-state index in [2.05, 4.69) is 5.32 Å². The fourth-order valence-corrected chi connectivity index (χ4v) is 2.00. The van der Waals surface area contributed by atoms with Crippen LogP contribution >= 0.6 is 12.4 Å². The van der Waals surface area contributed by atoms with Crippen molar-refractivity contribution in [3.8, 4) is 0 Å². The summed E-state index contributed by atoms with van der Waals surface area (Å²) in [4.78, 5) is 25.8. The number of hydrogen-bond donors (Lipinski definition) is 2. The highest BCUT2D eigenvalue weighted by Crippen LogP contribution is 2.19. The molecule has 0 aliphatic carbocycles. The first-order valence-electron chi connectivity index (χ1n) is 6.51. The molecule has 19 heavy (non-hydrogen) atoms. The molecule has 0 radical (unpaired) electrons. The zero-order valence-electron chi connectivity index (χ0n) is 12.4. The molecule has 1 saturated heterocycles. The van der Waals surface area contributed by atoms with Crippen molar-refractivity contribution in [2.45, 2.75) is 59.2 Å². The maximum atomic E-state index is 12.0. The van der Waals surface area contributed by atoms with Crippen molar-refractivity contribution >= 4 is 24.2 Å². The van der Waals surface area contributed by atoms with Crippen LogP contribution in [0, 0.1) is 5.41 Å². The lowest BCUT2D eigenvalue weighted by Gasteiger charge is -2.27. The summed E-state index contributed by atoms with van der Waals surface area (Å²) in [6.45, 7) is 10.4. The van der Waals surface area contributed by atoms with Crippen LogP contribution in [-0.2, 0) is 9.59 Å². The van der Waals surface area contributed by atoms with E-state index in [1.807, 2.05) is 34.6 Å². The molecule has 1 aliphatic heterocycles. The Hall–Kier alpha value is -0.810. The molecule has 0 saturated carbocycles. The van der Waals surface area contributed by atoms with Gasteiger partial charge < -0.3 is 16.0 Å². The van der Waals surface area contributed by atoms with Crippen molar-refractivity contribution in [1.82, 2.24) is 10.2 Å². The molecule has 5 nitrogen and oxygen atoms in total. The van der Waals surface area contributed by atoms with Gasteiger partial charge in [0.25, 0.3) is 0 Å².